The van der Waals surface area contributed by atoms with Crippen LogP contribution in [0.2, 0.25) is 0 Å². The summed E-state index contributed by atoms with van der Waals surface area (Å²) in [5.74, 6) is 2.17. The highest BCUT2D eigenvalue weighted by atomic mass is 35.5. The SMILES string of the molecule is Cl.Cl.O=C(CN1CCNCC1)NCCOc1ccc2c(c1)OCO2. The highest BCUT2D eigenvalue weighted by molar-refractivity contribution is 5.85. The predicted octanol–water partition coefficient (Wildman–Crippen LogP) is 0.659. The maximum absolute atomic E-state index is 11.8. The summed E-state index contributed by atoms with van der Waals surface area (Å²) >= 11 is 0. The minimum absolute atomic E-state index is 0. The fraction of sp³-hybridized carbons (Fsp3) is 0.533. The Hall–Kier alpha value is -1.41. The van der Waals surface area contributed by atoms with Crippen molar-refractivity contribution in [2.45, 2.75) is 0 Å². The fourth-order valence-electron chi connectivity index (χ4n) is 2.45. The number of carbonyl (C=O) groups is 1. The smallest absolute Gasteiger partial charge is 0.234 e. The Morgan fingerprint density at radius 2 is 1.96 bits per heavy atom. The Morgan fingerprint density at radius 3 is 2.75 bits per heavy atom. The molecule has 0 spiro atoms. The molecule has 1 aromatic rings. The van der Waals surface area contributed by atoms with Gasteiger partial charge in [0.2, 0.25) is 12.7 Å². The van der Waals surface area contributed by atoms with Gasteiger partial charge >= 0.3 is 0 Å². The third-order valence-electron chi connectivity index (χ3n) is 3.61. The number of piperazine rings is 1. The first-order chi connectivity index (χ1) is 10.8. The van der Waals surface area contributed by atoms with Crippen molar-refractivity contribution in [2.75, 3.05) is 52.7 Å². The standard InChI is InChI=1S/C15H21N3O4.2ClH/c19-15(10-18-6-3-16-4-7-18)17-5-8-20-12-1-2-13-14(9-12)22-11-21-13;;/h1-2,9,16H,3-8,10-11H2,(H,17,19);2*1H. The number of carbonyl (C=O) groups excluding carboxylic acids is 1. The molecule has 0 aliphatic carbocycles. The second-order valence-corrected chi connectivity index (χ2v) is 5.24. The minimum Gasteiger partial charge on any atom is -0.492 e. The van der Waals surface area contributed by atoms with Gasteiger partial charge in [-0.25, -0.2) is 0 Å². The number of ether oxygens (including phenoxy) is 3. The lowest BCUT2D eigenvalue weighted by molar-refractivity contribution is -0.122. The first kappa shape index (κ1) is 20.6. The summed E-state index contributed by atoms with van der Waals surface area (Å²) in [5.41, 5.74) is 0. The van der Waals surface area contributed by atoms with E-state index < -0.39 is 0 Å². The van der Waals surface area contributed by atoms with E-state index >= 15 is 0 Å². The molecule has 0 atom stereocenters. The van der Waals surface area contributed by atoms with Crippen molar-refractivity contribution in [3.8, 4) is 17.2 Å². The number of fused-ring (bicyclic) bond motifs is 1. The van der Waals surface area contributed by atoms with Crippen molar-refractivity contribution in [1.29, 1.82) is 0 Å². The number of amides is 1. The van der Waals surface area contributed by atoms with Crippen LogP contribution in [0.15, 0.2) is 18.2 Å². The Bertz CT molecular complexity index is 527. The molecule has 7 nitrogen and oxygen atoms in total. The molecular weight excluding hydrogens is 357 g/mol. The van der Waals surface area contributed by atoms with Gasteiger partial charge < -0.3 is 24.8 Å². The molecule has 3 rings (SSSR count). The van der Waals surface area contributed by atoms with Crippen LogP contribution in [-0.2, 0) is 4.79 Å². The van der Waals surface area contributed by atoms with Gasteiger partial charge in [0.1, 0.15) is 12.4 Å². The van der Waals surface area contributed by atoms with E-state index in [9.17, 15) is 4.79 Å². The third-order valence-corrected chi connectivity index (χ3v) is 3.61. The number of nitrogens with one attached hydrogen (secondary N) is 2. The first-order valence-corrected chi connectivity index (χ1v) is 7.53. The van der Waals surface area contributed by atoms with Gasteiger partial charge in [-0.05, 0) is 12.1 Å². The van der Waals surface area contributed by atoms with Crippen LogP contribution in [0, 0.1) is 0 Å². The summed E-state index contributed by atoms with van der Waals surface area (Å²) in [7, 11) is 0. The highest BCUT2D eigenvalue weighted by Gasteiger charge is 2.14. The molecule has 0 radical (unpaired) electrons. The molecule has 1 amide bonds. The summed E-state index contributed by atoms with van der Waals surface area (Å²) < 4.78 is 16.1. The van der Waals surface area contributed by atoms with E-state index in [4.69, 9.17) is 14.2 Å². The fourth-order valence-corrected chi connectivity index (χ4v) is 2.45. The van der Waals surface area contributed by atoms with Crippen molar-refractivity contribution in [3.05, 3.63) is 18.2 Å². The van der Waals surface area contributed by atoms with Gasteiger partial charge in [-0.1, -0.05) is 0 Å². The molecule has 2 N–H and O–H groups in total. The molecule has 1 saturated heterocycles. The zero-order valence-corrected chi connectivity index (χ0v) is 14.9. The molecule has 0 bridgehead atoms. The average molecular weight is 380 g/mol. The lowest BCUT2D eigenvalue weighted by Gasteiger charge is -2.26. The van der Waals surface area contributed by atoms with Crippen LogP contribution in [-0.4, -0.2) is 63.5 Å². The Labute approximate surface area is 153 Å². The number of hydrogen-bond donors (Lipinski definition) is 2. The van der Waals surface area contributed by atoms with Gasteiger partial charge in [-0.3, -0.25) is 9.69 Å². The summed E-state index contributed by atoms with van der Waals surface area (Å²) in [6, 6.07) is 5.45. The first-order valence-electron chi connectivity index (χ1n) is 7.53. The molecule has 136 valence electrons. The van der Waals surface area contributed by atoms with E-state index in [1.54, 1.807) is 6.07 Å². The molecule has 2 heterocycles. The average Bonchev–Trinajstić information content (AvgIpc) is 3.00. The number of hydrogen-bond acceptors (Lipinski definition) is 6. The summed E-state index contributed by atoms with van der Waals surface area (Å²) in [6.45, 7) is 5.34. The summed E-state index contributed by atoms with van der Waals surface area (Å²) in [4.78, 5) is 14.0. The summed E-state index contributed by atoms with van der Waals surface area (Å²) in [5, 5.41) is 6.13. The number of benzene rings is 1. The molecule has 0 aromatic heterocycles. The molecule has 2 aliphatic rings. The molecule has 0 unspecified atom stereocenters. The number of rotatable bonds is 6. The predicted molar refractivity (Wildman–Crippen MR) is 94.9 cm³/mol. The van der Waals surface area contributed by atoms with Gasteiger partial charge in [0.15, 0.2) is 11.5 Å². The quantitative estimate of drug-likeness (QED) is 0.707. The van der Waals surface area contributed by atoms with Crippen LogP contribution in [0.5, 0.6) is 17.2 Å². The molecule has 0 saturated carbocycles. The van der Waals surface area contributed by atoms with Crippen LogP contribution >= 0.6 is 24.8 Å². The second-order valence-electron chi connectivity index (χ2n) is 5.24. The lowest BCUT2D eigenvalue weighted by Crippen LogP contribution is -2.47. The van der Waals surface area contributed by atoms with E-state index in [0.717, 1.165) is 31.9 Å². The van der Waals surface area contributed by atoms with Gasteiger partial charge in [0.05, 0.1) is 13.1 Å². The van der Waals surface area contributed by atoms with Crippen LogP contribution in [0.1, 0.15) is 0 Å². The van der Waals surface area contributed by atoms with Crippen LogP contribution in [0.25, 0.3) is 0 Å². The molecular formula is C15H23Cl2N3O4. The minimum atomic E-state index is 0. The largest absolute Gasteiger partial charge is 0.492 e. The Morgan fingerprint density at radius 1 is 1.21 bits per heavy atom. The van der Waals surface area contributed by atoms with Crippen molar-refractivity contribution >= 4 is 30.7 Å². The van der Waals surface area contributed by atoms with E-state index in [0.29, 0.717) is 31.2 Å². The maximum atomic E-state index is 11.8. The van der Waals surface area contributed by atoms with E-state index in [-0.39, 0.29) is 37.5 Å². The molecule has 1 aromatic carbocycles. The lowest BCUT2D eigenvalue weighted by atomic mass is 10.3. The van der Waals surface area contributed by atoms with Crippen molar-refractivity contribution in [3.63, 3.8) is 0 Å². The third kappa shape index (κ3) is 5.90. The zero-order chi connectivity index (χ0) is 15.2. The van der Waals surface area contributed by atoms with Crippen LogP contribution in [0.4, 0.5) is 0 Å². The second kappa shape index (κ2) is 10.5. The number of halogens is 2. The van der Waals surface area contributed by atoms with Crippen molar-refractivity contribution in [2.24, 2.45) is 0 Å². The number of nitrogens with zero attached hydrogens (tertiary/aromatic N) is 1. The topological polar surface area (TPSA) is 72.1 Å². The zero-order valence-electron chi connectivity index (χ0n) is 13.3. The van der Waals surface area contributed by atoms with Gasteiger partial charge in [0, 0.05) is 32.2 Å². The van der Waals surface area contributed by atoms with Gasteiger partial charge in [-0.15, -0.1) is 24.8 Å². The summed E-state index contributed by atoms with van der Waals surface area (Å²) in [6.07, 6.45) is 0. The van der Waals surface area contributed by atoms with E-state index in [1.165, 1.54) is 0 Å². The van der Waals surface area contributed by atoms with E-state index in [2.05, 4.69) is 15.5 Å². The molecule has 1 fully saturated rings. The Kier molecular flexibility index (Phi) is 8.99. The van der Waals surface area contributed by atoms with E-state index in [1.807, 2.05) is 12.1 Å². The van der Waals surface area contributed by atoms with Crippen molar-refractivity contribution < 1.29 is 19.0 Å². The Balaban J connectivity index is 0.00000144. The van der Waals surface area contributed by atoms with Crippen LogP contribution < -0.4 is 24.8 Å². The maximum Gasteiger partial charge on any atom is 0.234 e. The molecule has 9 heteroatoms. The highest BCUT2D eigenvalue weighted by Crippen LogP contribution is 2.34. The molecule has 2 aliphatic heterocycles. The van der Waals surface area contributed by atoms with Gasteiger partial charge in [-0.2, -0.15) is 0 Å². The van der Waals surface area contributed by atoms with Gasteiger partial charge in [0.25, 0.3) is 0 Å². The normalized spacial score (nSPS) is 15.8. The molecule has 24 heavy (non-hydrogen) atoms. The van der Waals surface area contributed by atoms with Crippen LogP contribution in [0.3, 0.4) is 0 Å². The van der Waals surface area contributed by atoms with Crippen molar-refractivity contribution in [1.82, 2.24) is 15.5 Å². The monoisotopic (exact) mass is 379 g/mol.